The monoisotopic (exact) mass is 847 g/mol. The zero-order chi connectivity index (χ0) is 41.0. The number of halogens is 1. The molecule has 1 atom stereocenters. The predicted molar refractivity (Wildman–Crippen MR) is 235 cm³/mol. The summed E-state index contributed by atoms with van der Waals surface area (Å²) in [6.45, 7) is 6.94. The Morgan fingerprint density at radius 3 is 2.19 bits per heavy atom. The number of nitrogens with zero attached hydrogens (tertiary/aromatic N) is 1. The highest BCUT2D eigenvalue weighted by molar-refractivity contribution is 7.99. The smallest absolute Gasteiger partial charge is 0.264 e. The van der Waals surface area contributed by atoms with E-state index in [-0.39, 0.29) is 21.4 Å². The zero-order valence-electron chi connectivity index (χ0n) is 32.5. The van der Waals surface area contributed by atoms with Gasteiger partial charge in [0.1, 0.15) is 0 Å². The van der Waals surface area contributed by atoms with E-state index >= 15 is 0 Å². The number of anilines is 2. The fourth-order valence-corrected chi connectivity index (χ4v) is 8.99. The van der Waals surface area contributed by atoms with E-state index in [1.165, 1.54) is 24.3 Å². The first-order chi connectivity index (χ1) is 27.2. The Labute approximate surface area is 346 Å². The molecule has 0 heterocycles. The van der Waals surface area contributed by atoms with Gasteiger partial charge in [-0.1, -0.05) is 66.2 Å². The van der Waals surface area contributed by atoms with Crippen LogP contribution in [0.4, 0.5) is 11.4 Å². The van der Waals surface area contributed by atoms with Crippen LogP contribution in [-0.2, 0) is 26.4 Å². The zero-order valence-corrected chi connectivity index (χ0v) is 35.7. The molecule has 0 aliphatic carbocycles. The van der Waals surface area contributed by atoms with Crippen molar-refractivity contribution in [3.8, 4) is 11.1 Å². The van der Waals surface area contributed by atoms with Gasteiger partial charge in [-0.05, 0) is 111 Å². The van der Waals surface area contributed by atoms with Crippen LogP contribution in [-0.4, -0.2) is 78.4 Å². The number of nitrogens with one attached hydrogen (secondary N) is 4. The number of carbonyl (C=O) groups is 1. The topological polar surface area (TPSA) is 137 Å². The van der Waals surface area contributed by atoms with Crippen LogP contribution in [0.3, 0.4) is 0 Å². The number of hydrogen-bond acceptors (Lipinski definition) is 10. The molecular formula is C43H50ClN5O5S3. The number of carbonyl (C=O) groups excluding carboxylic acids is 1. The quantitative estimate of drug-likeness (QED) is 0.0450. The van der Waals surface area contributed by atoms with Gasteiger partial charge < -0.3 is 20.9 Å². The van der Waals surface area contributed by atoms with Gasteiger partial charge >= 0.3 is 0 Å². The third kappa shape index (κ3) is 13.1. The van der Waals surface area contributed by atoms with Crippen molar-refractivity contribution in [2.24, 2.45) is 0 Å². The highest BCUT2D eigenvalue weighted by Crippen LogP contribution is 2.29. The van der Waals surface area contributed by atoms with Crippen LogP contribution >= 0.6 is 23.4 Å². The molecule has 5 rings (SSSR count). The fraction of sp³-hybridized carbons (Fsp3) is 0.279. The molecular weight excluding hydrogens is 798 g/mol. The molecule has 0 spiro atoms. The minimum atomic E-state index is -4.42. The highest BCUT2D eigenvalue weighted by atomic mass is 35.5. The van der Waals surface area contributed by atoms with Gasteiger partial charge in [0.05, 0.1) is 15.5 Å². The van der Waals surface area contributed by atoms with Crippen LogP contribution in [0.1, 0.15) is 36.2 Å². The van der Waals surface area contributed by atoms with E-state index < -0.39 is 25.8 Å². The predicted octanol–water partition coefficient (Wildman–Crippen LogP) is 8.03. The Hall–Kier alpha value is -4.37. The normalized spacial score (nSPS) is 12.4. The summed E-state index contributed by atoms with van der Waals surface area (Å²) >= 11 is 7.72. The molecule has 10 nitrogen and oxygen atoms in total. The number of sulfonamides is 1. The summed E-state index contributed by atoms with van der Waals surface area (Å²) in [6.07, 6.45) is 1.76. The summed E-state index contributed by atoms with van der Waals surface area (Å²) in [6, 6.07) is 36.4. The number of sulfone groups is 1. The summed E-state index contributed by atoms with van der Waals surface area (Å²) in [5.74, 6) is -0.181. The second-order valence-corrected chi connectivity index (χ2v) is 19.2. The van der Waals surface area contributed by atoms with E-state index in [1.807, 2.05) is 73.8 Å². The van der Waals surface area contributed by atoms with Crippen molar-refractivity contribution in [3.63, 3.8) is 0 Å². The van der Waals surface area contributed by atoms with Gasteiger partial charge in [-0.25, -0.2) is 21.6 Å². The summed E-state index contributed by atoms with van der Waals surface area (Å²) in [4.78, 5) is 15.9. The van der Waals surface area contributed by atoms with Crippen LogP contribution < -0.4 is 20.7 Å². The van der Waals surface area contributed by atoms with Gasteiger partial charge in [0, 0.05) is 71.4 Å². The summed E-state index contributed by atoms with van der Waals surface area (Å²) in [5, 5.41) is 10.8. The SMILES string of the molecule is CC(C)N(C)CC[C@H](CSc1ccccc1)Nc1ccc(S(=O)(=O)NC(=O)c2ccc(NCCNCc3ccccc3-c3ccc(Cl)cc3)cc2)cc1S(C)(=O)=O. The molecule has 57 heavy (non-hydrogen) atoms. The number of hydrogen-bond donors (Lipinski definition) is 4. The first kappa shape index (κ1) is 43.7. The Kier molecular flexibility index (Phi) is 15.6. The summed E-state index contributed by atoms with van der Waals surface area (Å²) < 4.78 is 55.0. The van der Waals surface area contributed by atoms with E-state index in [1.54, 1.807) is 23.9 Å². The second-order valence-electron chi connectivity index (χ2n) is 14.0. The molecule has 0 fully saturated rings. The lowest BCUT2D eigenvalue weighted by atomic mass is 10.00. The summed E-state index contributed by atoms with van der Waals surface area (Å²) in [5.41, 5.74) is 4.58. The lowest BCUT2D eigenvalue weighted by molar-refractivity contribution is 0.0981. The van der Waals surface area contributed by atoms with Gasteiger partial charge in [0.2, 0.25) is 0 Å². The third-order valence-electron chi connectivity index (χ3n) is 9.42. The minimum absolute atomic E-state index is 0.129. The van der Waals surface area contributed by atoms with Gasteiger partial charge in [0.15, 0.2) is 9.84 Å². The summed E-state index contributed by atoms with van der Waals surface area (Å²) in [7, 11) is -6.25. The molecule has 14 heteroatoms. The van der Waals surface area contributed by atoms with Crippen LogP contribution in [0, 0.1) is 0 Å². The molecule has 0 aliphatic rings. The maximum Gasteiger partial charge on any atom is 0.264 e. The van der Waals surface area contributed by atoms with Crippen molar-refractivity contribution in [2.45, 2.75) is 53.6 Å². The van der Waals surface area contributed by atoms with Crippen molar-refractivity contribution in [2.75, 3.05) is 49.3 Å². The molecule has 0 saturated carbocycles. The standard InChI is InChI=1S/C43H50ClN5O5S3/c1-31(2)49(3)27-24-37(30-55-38-11-6-5-7-12-38)47-41-23-22-39(28-42(41)56(4,51)52)57(53,54)48-43(50)33-16-20-36(21-17-33)46-26-25-45-29-34-10-8-9-13-40(34)32-14-18-35(44)19-15-32/h5-23,28,31,37,45-47H,24-27,29-30H2,1-4H3,(H,48,50)/t37-/m1/s1. The van der Waals surface area contributed by atoms with E-state index in [0.29, 0.717) is 42.1 Å². The van der Waals surface area contributed by atoms with Crippen LogP contribution in [0.25, 0.3) is 11.1 Å². The molecule has 5 aromatic carbocycles. The third-order valence-corrected chi connectivity index (χ3v) is 13.3. The molecule has 0 saturated heterocycles. The van der Waals surface area contributed by atoms with Crippen LogP contribution in [0.5, 0.6) is 0 Å². The lowest BCUT2D eigenvalue weighted by Crippen LogP contribution is -2.33. The minimum Gasteiger partial charge on any atom is -0.384 e. The van der Waals surface area contributed by atoms with Gasteiger partial charge in [-0.15, -0.1) is 11.8 Å². The molecule has 5 aromatic rings. The maximum absolute atomic E-state index is 13.4. The van der Waals surface area contributed by atoms with E-state index in [4.69, 9.17) is 11.6 Å². The molecule has 1 amide bonds. The Bertz CT molecular complexity index is 2310. The number of rotatable bonds is 20. The number of thioether (sulfide) groups is 1. The molecule has 0 unspecified atom stereocenters. The lowest BCUT2D eigenvalue weighted by Gasteiger charge is -2.26. The largest absolute Gasteiger partial charge is 0.384 e. The first-order valence-electron chi connectivity index (χ1n) is 18.6. The number of benzene rings is 5. The molecule has 4 N–H and O–H groups in total. The Balaban J connectivity index is 1.18. The van der Waals surface area contributed by atoms with Crippen molar-refractivity contribution in [1.82, 2.24) is 14.9 Å². The van der Waals surface area contributed by atoms with Crippen LogP contribution in [0.2, 0.25) is 5.02 Å². The molecule has 302 valence electrons. The van der Waals surface area contributed by atoms with Crippen molar-refractivity contribution < 1.29 is 21.6 Å². The van der Waals surface area contributed by atoms with Gasteiger partial charge in [-0.2, -0.15) is 0 Å². The van der Waals surface area contributed by atoms with Gasteiger partial charge in [-0.3, -0.25) is 4.79 Å². The average molecular weight is 849 g/mol. The Morgan fingerprint density at radius 1 is 0.825 bits per heavy atom. The molecule has 0 bridgehead atoms. The number of amides is 1. The average Bonchev–Trinajstić information content (AvgIpc) is 3.19. The first-order valence-corrected chi connectivity index (χ1v) is 23.4. The van der Waals surface area contributed by atoms with Crippen molar-refractivity contribution in [3.05, 3.63) is 137 Å². The van der Waals surface area contributed by atoms with E-state index in [2.05, 4.69) is 51.6 Å². The van der Waals surface area contributed by atoms with Crippen molar-refractivity contribution in [1.29, 1.82) is 0 Å². The van der Waals surface area contributed by atoms with Gasteiger partial charge in [0.25, 0.3) is 15.9 Å². The molecule has 0 radical (unpaired) electrons. The fourth-order valence-electron chi connectivity index (χ4n) is 5.93. The van der Waals surface area contributed by atoms with E-state index in [9.17, 15) is 21.6 Å². The highest BCUT2D eigenvalue weighted by Gasteiger charge is 2.24. The van der Waals surface area contributed by atoms with E-state index in [0.717, 1.165) is 52.6 Å². The van der Waals surface area contributed by atoms with Crippen molar-refractivity contribution >= 4 is 60.5 Å². The molecule has 0 aliphatic heterocycles. The van der Waals surface area contributed by atoms with Crippen LogP contribution in [0.15, 0.2) is 136 Å². The maximum atomic E-state index is 13.4. The molecule has 0 aromatic heterocycles. The Morgan fingerprint density at radius 2 is 1.51 bits per heavy atom. The second kappa shape index (κ2) is 20.4.